The van der Waals surface area contributed by atoms with Gasteiger partial charge in [0.1, 0.15) is 10.6 Å². The van der Waals surface area contributed by atoms with E-state index in [4.69, 9.17) is 4.74 Å². The molecule has 0 aromatic heterocycles. The lowest BCUT2D eigenvalue weighted by Crippen LogP contribution is -2.12. The van der Waals surface area contributed by atoms with Crippen LogP contribution in [0.4, 0.5) is 5.69 Å². The summed E-state index contributed by atoms with van der Waals surface area (Å²) in [6.07, 6.45) is 2.01. The van der Waals surface area contributed by atoms with E-state index >= 15 is 0 Å². The molecule has 28 heavy (non-hydrogen) atoms. The Morgan fingerprint density at radius 1 is 1.00 bits per heavy atom. The van der Waals surface area contributed by atoms with E-state index in [1.165, 1.54) is 12.1 Å². The Bertz CT molecular complexity index is 1090. The molecule has 3 rings (SSSR count). The zero-order chi connectivity index (χ0) is 20.1. The Balaban J connectivity index is 1.84. The van der Waals surface area contributed by atoms with Crippen molar-refractivity contribution in [2.75, 3.05) is 11.9 Å². The molecule has 0 unspecified atom stereocenters. The van der Waals surface area contributed by atoms with Crippen LogP contribution in [0.25, 0.3) is 10.8 Å². The summed E-state index contributed by atoms with van der Waals surface area (Å²) >= 11 is 0. The Kier molecular flexibility index (Phi) is 5.96. The second-order valence-electron chi connectivity index (χ2n) is 6.31. The van der Waals surface area contributed by atoms with Gasteiger partial charge in [0, 0.05) is 22.0 Å². The molecule has 0 aliphatic heterocycles. The van der Waals surface area contributed by atoms with Gasteiger partial charge in [0.15, 0.2) is 0 Å². The first-order valence-corrected chi connectivity index (χ1v) is 10.4. The zero-order valence-corrected chi connectivity index (χ0v) is 16.2. The lowest BCUT2D eigenvalue weighted by atomic mass is 10.1. The number of unbranched alkanes of at least 4 members (excludes halogenated alkanes) is 1. The number of nitrogens with one attached hydrogen (secondary N) is 1. The number of benzene rings is 3. The van der Waals surface area contributed by atoms with Crippen molar-refractivity contribution in [1.82, 2.24) is 0 Å². The predicted molar refractivity (Wildman–Crippen MR) is 109 cm³/mol. The summed E-state index contributed by atoms with van der Waals surface area (Å²) < 4.78 is 38.2. The van der Waals surface area contributed by atoms with E-state index in [9.17, 15) is 17.8 Å². The van der Waals surface area contributed by atoms with Gasteiger partial charge in [-0.1, -0.05) is 37.6 Å². The highest BCUT2D eigenvalue weighted by atomic mass is 32.2. The Labute approximate surface area is 163 Å². The van der Waals surface area contributed by atoms with Crippen LogP contribution in [0.15, 0.2) is 65.6 Å². The minimum atomic E-state index is -4.37. The maximum atomic E-state index is 12.6. The molecule has 3 aromatic rings. The van der Waals surface area contributed by atoms with Crippen molar-refractivity contribution in [1.29, 1.82) is 0 Å². The predicted octanol–water partition coefficient (Wildman–Crippen LogP) is 4.52. The second kappa shape index (κ2) is 8.41. The van der Waals surface area contributed by atoms with Crippen LogP contribution in [0.5, 0.6) is 5.75 Å². The molecular weight excluding hydrogens is 378 g/mol. The maximum absolute atomic E-state index is 12.6. The highest BCUT2D eigenvalue weighted by Crippen LogP contribution is 2.29. The normalized spacial score (nSPS) is 11.4. The van der Waals surface area contributed by atoms with Gasteiger partial charge in [0.25, 0.3) is 16.0 Å². The number of ether oxygens (including phenoxy) is 1. The molecule has 0 fully saturated rings. The van der Waals surface area contributed by atoms with E-state index in [0.717, 1.165) is 12.8 Å². The van der Waals surface area contributed by atoms with Crippen LogP contribution in [0, 0.1) is 0 Å². The molecule has 0 aliphatic rings. The van der Waals surface area contributed by atoms with Crippen molar-refractivity contribution in [2.45, 2.75) is 24.7 Å². The fraction of sp³-hybridized carbons (Fsp3) is 0.190. The molecule has 0 saturated heterocycles. The van der Waals surface area contributed by atoms with Gasteiger partial charge in [0.05, 0.1) is 6.61 Å². The van der Waals surface area contributed by atoms with Crippen molar-refractivity contribution in [2.24, 2.45) is 0 Å². The van der Waals surface area contributed by atoms with Crippen molar-refractivity contribution < 1.29 is 22.5 Å². The van der Waals surface area contributed by atoms with Crippen molar-refractivity contribution >= 4 is 32.5 Å². The Morgan fingerprint density at radius 3 is 2.32 bits per heavy atom. The van der Waals surface area contributed by atoms with Crippen LogP contribution >= 0.6 is 0 Å². The molecule has 0 spiro atoms. The van der Waals surface area contributed by atoms with Crippen LogP contribution in [-0.4, -0.2) is 25.5 Å². The number of amides is 1. The molecule has 0 heterocycles. The van der Waals surface area contributed by atoms with Crippen molar-refractivity contribution in [3.05, 3.63) is 66.2 Å². The van der Waals surface area contributed by atoms with Crippen LogP contribution in [0.2, 0.25) is 0 Å². The molecule has 0 atom stereocenters. The van der Waals surface area contributed by atoms with E-state index < -0.39 is 10.1 Å². The standard InChI is InChI=1S/C21H21NO5S/c1-2-3-14-27-16-10-8-15(9-11-16)21(23)22-19-12-13-20(28(24,25)26)18-7-5-4-6-17(18)19/h4-13H,2-3,14H2,1H3,(H,22,23)(H,24,25,26). The van der Waals surface area contributed by atoms with Gasteiger partial charge in [-0.05, 0) is 42.8 Å². The Hall–Kier alpha value is -2.90. The number of carbonyl (C=O) groups is 1. The summed E-state index contributed by atoms with van der Waals surface area (Å²) in [6, 6.07) is 16.2. The highest BCUT2D eigenvalue weighted by Gasteiger charge is 2.17. The first-order chi connectivity index (χ1) is 13.4. The molecular formula is C21H21NO5S. The SMILES string of the molecule is CCCCOc1ccc(C(=O)Nc2ccc(S(=O)(=O)O)c3ccccc23)cc1. The summed E-state index contributed by atoms with van der Waals surface area (Å²) in [5.41, 5.74) is 0.905. The van der Waals surface area contributed by atoms with Crippen molar-refractivity contribution in [3.63, 3.8) is 0 Å². The number of hydrogen-bond donors (Lipinski definition) is 2. The fourth-order valence-electron chi connectivity index (χ4n) is 2.84. The van der Waals surface area contributed by atoms with E-state index in [0.29, 0.717) is 34.4 Å². The van der Waals surface area contributed by atoms with Crippen LogP contribution < -0.4 is 10.1 Å². The zero-order valence-electron chi connectivity index (χ0n) is 15.4. The quantitative estimate of drug-likeness (QED) is 0.450. The number of anilines is 1. The van der Waals surface area contributed by atoms with Crippen LogP contribution in [-0.2, 0) is 10.1 Å². The van der Waals surface area contributed by atoms with Gasteiger partial charge in [-0.15, -0.1) is 0 Å². The third kappa shape index (κ3) is 4.49. The van der Waals surface area contributed by atoms with Gasteiger partial charge in [0.2, 0.25) is 0 Å². The molecule has 146 valence electrons. The monoisotopic (exact) mass is 399 g/mol. The molecule has 0 saturated carbocycles. The van der Waals surface area contributed by atoms with Gasteiger partial charge in [-0.2, -0.15) is 8.42 Å². The molecule has 0 aliphatic carbocycles. The molecule has 1 amide bonds. The lowest BCUT2D eigenvalue weighted by Gasteiger charge is -2.11. The molecule has 0 radical (unpaired) electrons. The first kappa shape index (κ1) is 19.9. The number of hydrogen-bond acceptors (Lipinski definition) is 4. The minimum absolute atomic E-state index is 0.199. The number of rotatable bonds is 7. The van der Waals surface area contributed by atoms with Gasteiger partial charge >= 0.3 is 0 Å². The van der Waals surface area contributed by atoms with Crippen LogP contribution in [0.1, 0.15) is 30.1 Å². The summed E-state index contributed by atoms with van der Waals surface area (Å²) in [5, 5.41) is 3.65. The molecule has 3 aromatic carbocycles. The topological polar surface area (TPSA) is 92.7 Å². The summed E-state index contributed by atoms with van der Waals surface area (Å²) in [5.74, 6) is 0.373. The number of carbonyl (C=O) groups excluding carboxylic acids is 1. The van der Waals surface area contributed by atoms with Gasteiger partial charge in [-0.25, -0.2) is 0 Å². The average molecular weight is 399 g/mol. The van der Waals surface area contributed by atoms with E-state index in [1.54, 1.807) is 48.5 Å². The third-order valence-electron chi connectivity index (χ3n) is 4.29. The Morgan fingerprint density at radius 2 is 1.68 bits per heavy atom. The molecule has 7 heteroatoms. The van der Waals surface area contributed by atoms with Crippen LogP contribution in [0.3, 0.4) is 0 Å². The summed E-state index contributed by atoms with van der Waals surface area (Å²) in [6.45, 7) is 2.72. The fourth-order valence-corrected chi connectivity index (χ4v) is 3.53. The van der Waals surface area contributed by atoms with Gasteiger partial charge < -0.3 is 10.1 Å². The summed E-state index contributed by atoms with van der Waals surface area (Å²) in [4.78, 5) is 12.4. The molecule has 2 N–H and O–H groups in total. The maximum Gasteiger partial charge on any atom is 0.295 e. The second-order valence-corrected chi connectivity index (χ2v) is 7.70. The van der Waals surface area contributed by atoms with Gasteiger partial charge in [-0.3, -0.25) is 9.35 Å². The van der Waals surface area contributed by atoms with E-state index in [2.05, 4.69) is 12.2 Å². The van der Waals surface area contributed by atoms with E-state index in [1.807, 2.05) is 0 Å². The molecule has 6 nitrogen and oxygen atoms in total. The molecule has 0 bridgehead atoms. The largest absolute Gasteiger partial charge is 0.494 e. The van der Waals surface area contributed by atoms with E-state index in [-0.39, 0.29) is 10.8 Å². The lowest BCUT2D eigenvalue weighted by molar-refractivity contribution is 0.102. The number of fused-ring (bicyclic) bond motifs is 1. The highest BCUT2D eigenvalue weighted by molar-refractivity contribution is 7.86. The summed E-state index contributed by atoms with van der Waals surface area (Å²) in [7, 11) is -4.37. The average Bonchev–Trinajstić information content (AvgIpc) is 2.68. The first-order valence-electron chi connectivity index (χ1n) is 8.93. The third-order valence-corrected chi connectivity index (χ3v) is 5.21. The minimum Gasteiger partial charge on any atom is -0.494 e. The smallest absolute Gasteiger partial charge is 0.295 e. The van der Waals surface area contributed by atoms with Crippen molar-refractivity contribution in [3.8, 4) is 5.75 Å².